The number of hydrogen-bond acceptors (Lipinski definition) is 7. The van der Waals surface area contributed by atoms with Crippen molar-refractivity contribution in [1.82, 2.24) is 19.7 Å². The summed E-state index contributed by atoms with van der Waals surface area (Å²) in [6.45, 7) is 0. The molecule has 2 atom stereocenters. The Bertz CT molecular complexity index is 1040. The van der Waals surface area contributed by atoms with Gasteiger partial charge in [-0.15, -0.1) is 0 Å². The molecular weight excluding hydrogens is 387 g/mol. The van der Waals surface area contributed by atoms with Crippen LogP contribution in [0.25, 0.3) is 5.69 Å². The van der Waals surface area contributed by atoms with Crippen LogP contribution in [0, 0.1) is 5.82 Å². The number of rotatable bonds is 6. The van der Waals surface area contributed by atoms with Crippen LogP contribution in [0.2, 0.25) is 0 Å². The van der Waals surface area contributed by atoms with Crippen LogP contribution >= 0.6 is 0 Å². The van der Waals surface area contributed by atoms with Gasteiger partial charge in [-0.2, -0.15) is 5.10 Å². The molecule has 6 N–H and O–H groups in total. The van der Waals surface area contributed by atoms with E-state index in [1.54, 1.807) is 41.6 Å². The third kappa shape index (κ3) is 4.23. The summed E-state index contributed by atoms with van der Waals surface area (Å²) in [5.41, 5.74) is 12.8. The minimum atomic E-state index is -0.791. The Kier molecular flexibility index (Phi) is 5.57. The van der Waals surface area contributed by atoms with Crippen molar-refractivity contribution in [3.05, 3.63) is 54.4 Å². The van der Waals surface area contributed by atoms with Crippen molar-refractivity contribution < 1.29 is 9.18 Å². The van der Waals surface area contributed by atoms with Crippen molar-refractivity contribution in [2.24, 2.45) is 11.5 Å². The van der Waals surface area contributed by atoms with Gasteiger partial charge in [0.15, 0.2) is 11.6 Å². The van der Waals surface area contributed by atoms with Crippen LogP contribution in [0.5, 0.6) is 0 Å². The molecule has 0 spiro atoms. The fourth-order valence-corrected chi connectivity index (χ4v) is 3.57. The van der Waals surface area contributed by atoms with Crippen LogP contribution in [0.3, 0.4) is 0 Å². The maximum Gasteiger partial charge on any atom is 0.252 e. The van der Waals surface area contributed by atoms with E-state index in [1.807, 2.05) is 0 Å². The van der Waals surface area contributed by atoms with Gasteiger partial charge in [0, 0.05) is 24.5 Å². The first-order valence-corrected chi connectivity index (χ1v) is 9.76. The van der Waals surface area contributed by atoms with E-state index < -0.39 is 11.7 Å². The Morgan fingerprint density at radius 3 is 2.77 bits per heavy atom. The lowest BCUT2D eigenvalue weighted by Gasteiger charge is -2.30. The van der Waals surface area contributed by atoms with E-state index in [0.717, 1.165) is 31.7 Å². The number of nitrogens with one attached hydrogen (secondary N) is 2. The molecule has 1 amide bonds. The van der Waals surface area contributed by atoms with E-state index in [9.17, 15) is 9.18 Å². The van der Waals surface area contributed by atoms with E-state index >= 15 is 0 Å². The predicted octanol–water partition coefficient (Wildman–Crippen LogP) is 2.33. The molecule has 0 aromatic carbocycles. The summed E-state index contributed by atoms with van der Waals surface area (Å²) in [6, 6.07) is 4.49. The Morgan fingerprint density at radius 2 is 2.03 bits per heavy atom. The lowest BCUT2D eigenvalue weighted by Crippen LogP contribution is -2.43. The van der Waals surface area contributed by atoms with Gasteiger partial charge in [-0.25, -0.2) is 14.1 Å². The maximum atomic E-state index is 14.6. The first-order valence-electron chi connectivity index (χ1n) is 9.76. The van der Waals surface area contributed by atoms with Crippen molar-refractivity contribution in [1.29, 1.82) is 0 Å². The second-order valence-electron chi connectivity index (χ2n) is 7.29. The van der Waals surface area contributed by atoms with Crippen molar-refractivity contribution in [2.75, 3.05) is 10.6 Å². The van der Waals surface area contributed by atoms with Crippen LogP contribution < -0.4 is 22.1 Å². The molecule has 3 aromatic heterocycles. The highest BCUT2D eigenvalue weighted by Crippen LogP contribution is 2.27. The third-order valence-corrected chi connectivity index (χ3v) is 5.14. The number of amides is 1. The Hall–Kier alpha value is -3.53. The molecule has 3 heterocycles. The van der Waals surface area contributed by atoms with Gasteiger partial charge < -0.3 is 22.1 Å². The average molecular weight is 410 g/mol. The Morgan fingerprint density at radius 1 is 1.20 bits per heavy atom. The molecule has 9 nitrogen and oxygen atoms in total. The molecule has 3 aromatic rings. The fourth-order valence-electron chi connectivity index (χ4n) is 3.57. The minimum absolute atomic E-state index is 0.0287. The zero-order chi connectivity index (χ0) is 21.1. The SMILES string of the molecule is NC(=O)c1cc(F)c(N[C@@H]2CCCC[C@@H]2N)nc1Nc1cncc(-n2cccn2)c1. The van der Waals surface area contributed by atoms with Gasteiger partial charge in [-0.1, -0.05) is 12.8 Å². The molecule has 1 fully saturated rings. The molecule has 0 radical (unpaired) electrons. The summed E-state index contributed by atoms with van der Waals surface area (Å²) in [5, 5.41) is 10.3. The highest BCUT2D eigenvalue weighted by molar-refractivity contribution is 5.98. The first-order chi connectivity index (χ1) is 14.5. The van der Waals surface area contributed by atoms with E-state index in [0.29, 0.717) is 11.4 Å². The topological polar surface area (TPSA) is 137 Å². The monoisotopic (exact) mass is 410 g/mol. The van der Waals surface area contributed by atoms with Gasteiger partial charge in [0.1, 0.15) is 5.82 Å². The lowest BCUT2D eigenvalue weighted by atomic mass is 9.91. The van der Waals surface area contributed by atoms with Crippen molar-refractivity contribution >= 4 is 23.2 Å². The number of hydrogen-bond donors (Lipinski definition) is 4. The summed E-state index contributed by atoms with van der Waals surface area (Å²) in [7, 11) is 0. The number of carbonyl (C=O) groups excluding carboxylic acids is 1. The summed E-state index contributed by atoms with van der Waals surface area (Å²) < 4.78 is 16.3. The van der Waals surface area contributed by atoms with Gasteiger partial charge >= 0.3 is 0 Å². The number of nitrogens with zero attached hydrogens (tertiary/aromatic N) is 4. The largest absolute Gasteiger partial charge is 0.365 e. The van der Waals surface area contributed by atoms with E-state index in [-0.39, 0.29) is 29.3 Å². The number of aromatic nitrogens is 4. The summed E-state index contributed by atoms with van der Waals surface area (Å²) >= 11 is 0. The quantitative estimate of drug-likeness (QED) is 0.489. The molecule has 1 saturated carbocycles. The molecule has 0 unspecified atom stereocenters. The molecule has 0 bridgehead atoms. The van der Waals surface area contributed by atoms with Crippen LogP contribution in [0.1, 0.15) is 36.0 Å². The van der Waals surface area contributed by atoms with E-state index in [1.165, 1.54) is 0 Å². The zero-order valence-electron chi connectivity index (χ0n) is 16.3. The Balaban J connectivity index is 1.64. The van der Waals surface area contributed by atoms with Crippen molar-refractivity contribution in [3.63, 3.8) is 0 Å². The molecule has 4 rings (SSSR count). The summed E-state index contributed by atoms with van der Waals surface area (Å²) in [5.74, 6) is -1.28. The summed E-state index contributed by atoms with van der Waals surface area (Å²) in [4.78, 5) is 20.4. The normalized spacial score (nSPS) is 18.7. The molecule has 1 aliphatic rings. The second kappa shape index (κ2) is 8.46. The number of primary amides is 1. The molecule has 1 aliphatic carbocycles. The number of nitrogens with two attached hydrogens (primary N) is 2. The molecule has 30 heavy (non-hydrogen) atoms. The van der Waals surface area contributed by atoms with Crippen LogP contribution in [0.15, 0.2) is 43.0 Å². The highest BCUT2D eigenvalue weighted by atomic mass is 19.1. The molecule has 10 heteroatoms. The second-order valence-corrected chi connectivity index (χ2v) is 7.29. The zero-order valence-corrected chi connectivity index (χ0v) is 16.3. The van der Waals surface area contributed by atoms with Crippen LogP contribution in [-0.4, -0.2) is 37.7 Å². The van der Waals surface area contributed by atoms with Crippen molar-refractivity contribution in [3.8, 4) is 5.69 Å². The van der Waals surface area contributed by atoms with Crippen LogP contribution in [-0.2, 0) is 0 Å². The lowest BCUT2D eigenvalue weighted by molar-refractivity contribution is 0.100. The standard InChI is InChI=1S/C20H23FN8O/c21-15-9-14(18(23)30)19(28-20(15)27-17-5-2-1-4-16(17)22)26-12-8-13(11-24-10-12)29-7-3-6-25-29/h3,6-11,16-17H,1-2,4-5,22H2,(H2,23,30)(H2,26,27,28)/t16-,17+/m0/s1. The maximum absolute atomic E-state index is 14.6. The number of pyridine rings is 2. The third-order valence-electron chi connectivity index (χ3n) is 5.14. The van der Waals surface area contributed by atoms with Crippen LogP contribution in [0.4, 0.5) is 21.7 Å². The minimum Gasteiger partial charge on any atom is -0.365 e. The summed E-state index contributed by atoms with van der Waals surface area (Å²) in [6.07, 6.45) is 10.4. The fraction of sp³-hybridized carbons (Fsp3) is 0.300. The van der Waals surface area contributed by atoms with Gasteiger partial charge in [-0.3, -0.25) is 9.78 Å². The molecular formula is C20H23FN8O. The van der Waals surface area contributed by atoms with Crippen molar-refractivity contribution in [2.45, 2.75) is 37.8 Å². The van der Waals surface area contributed by atoms with E-state index in [2.05, 4.69) is 25.7 Å². The molecule has 156 valence electrons. The number of carbonyl (C=O) groups is 1. The van der Waals surface area contributed by atoms with Gasteiger partial charge in [-0.05, 0) is 31.0 Å². The number of anilines is 3. The number of halogens is 1. The van der Waals surface area contributed by atoms with E-state index in [4.69, 9.17) is 11.5 Å². The van der Waals surface area contributed by atoms with Gasteiger partial charge in [0.2, 0.25) is 0 Å². The Labute approximate surface area is 172 Å². The van der Waals surface area contributed by atoms with Gasteiger partial charge in [0.25, 0.3) is 5.91 Å². The smallest absolute Gasteiger partial charge is 0.252 e. The average Bonchev–Trinajstić information content (AvgIpc) is 3.27. The predicted molar refractivity (Wildman–Crippen MR) is 111 cm³/mol. The molecule has 0 saturated heterocycles. The van der Waals surface area contributed by atoms with Gasteiger partial charge in [0.05, 0.1) is 29.3 Å². The first kappa shape index (κ1) is 19.8. The highest BCUT2D eigenvalue weighted by Gasteiger charge is 2.24. The molecule has 0 aliphatic heterocycles.